The minimum Gasteiger partial charge on any atom is -0.461 e. The zero-order chi connectivity index (χ0) is 21.0. The SMILES string of the molecule is CCOC(=O)c1[nH]c(C)c(C(=O)O[C@@H](C)C(=O)Nc2cccc(Cl)c2C)c1C. The van der Waals surface area contributed by atoms with Crippen molar-refractivity contribution < 1.29 is 23.9 Å². The van der Waals surface area contributed by atoms with Crippen LogP contribution < -0.4 is 5.32 Å². The Labute approximate surface area is 168 Å². The van der Waals surface area contributed by atoms with Crippen molar-refractivity contribution in [3.8, 4) is 0 Å². The first kappa shape index (κ1) is 21.5. The van der Waals surface area contributed by atoms with Crippen molar-refractivity contribution in [2.75, 3.05) is 11.9 Å². The molecule has 7 nitrogen and oxygen atoms in total. The van der Waals surface area contributed by atoms with Gasteiger partial charge in [-0.2, -0.15) is 0 Å². The number of aromatic amines is 1. The van der Waals surface area contributed by atoms with E-state index >= 15 is 0 Å². The van der Waals surface area contributed by atoms with Crippen molar-refractivity contribution >= 4 is 35.1 Å². The summed E-state index contributed by atoms with van der Waals surface area (Å²) >= 11 is 6.05. The fraction of sp³-hybridized carbons (Fsp3) is 0.350. The van der Waals surface area contributed by atoms with E-state index in [1.807, 2.05) is 0 Å². The number of amides is 1. The molecule has 0 fully saturated rings. The summed E-state index contributed by atoms with van der Waals surface area (Å²) in [5.41, 5.74) is 2.54. The largest absolute Gasteiger partial charge is 0.461 e. The predicted octanol–water partition coefficient (Wildman–Crippen LogP) is 3.95. The van der Waals surface area contributed by atoms with E-state index in [0.717, 1.165) is 0 Å². The maximum absolute atomic E-state index is 12.6. The molecule has 0 bridgehead atoms. The Balaban J connectivity index is 2.13. The van der Waals surface area contributed by atoms with Gasteiger partial charge in [0, 0.05) is 16.4 Å². The summed E-state index contributed by atoms with van der Waals surface area (Å²) in [4.78, 5) is 39.8. The lowest BCUT2D eigenvalue weighted by Gasteiger charge is -2.15. The molecule has 0 radical (unpaired) electrons. The summed E-state index contributed by atoms with van der Waals surface area (Å²) in [7, 11) is 0. The number of H-pyrrole nitrogens is 1. The summed E-state index contributed by atoms with van der Waals surface area (Å²) in [6, 6.07) is 5.14. The minimum atomic E-state index is -1.05. The van der Waals surface area contributed by atoms with Crippen LogP contribution in [-0.4, -0.2) is 35.5 Å². The standard InChI is InChI=1S/C20H23ClN2O5/c1-6-27-20(26)17-11(3)16(12(4)22-17)19(25)28-13(5)18(24)23-15-9-7-8-14(21)10(15)2/h7-9,13,22H,6H2,1-5H3,(H,23,24)/t13-/m0/s1. The third-order valence-electron chi connectivity index (χ3n) is 4.30. The molecule has 0 aliphatic rings. The highest BCUT2D eigenvalue weighted by atomic mass is 35.5. The highest BCUT2D eigenvalue weighted by Crippen LogP contribution is 2.24. The molecule has 1 aromatic heterocycles. The normalized spacial score (nSPS) is 11.6. The monoisotopic (exact) mass is 406 g/mol. The fourth-order valence-electron chi connectivity index (χ4n) is 2.71. The van der Waals surface area contributed by atoms with E-state index in [4.69, 9.17) is 21.1 Å². The van der Waals surface area contributed by atoms with Crippen LogP contribution in [0.3, 0.4) is 0 Å². The van der Waals surface area contributed by atoms with E-state index in [1.165, 1.54) is 6.92 Å². The summed E-state index contributed by atoms with van der Waals surface area (Å²) in [6.07, 6.45) is -1.05. The number of carbonyl (C=O) groups is 3. The average molecular weight is 407 g/mol. The van der Waals surface area contributed by atoms with Crippen molar-refractivity contribution in [3.63, 3.8) is 0 Å². The third kappa shape index (κ3) is 4.54. The van der Waals surface area contributed by atoms with Crippen LogP contribution in [0.5, 0.6) is 0 Å². The number of rotatable bonds is 6. The molecule has 1 aromatic carbocycles. The molecular formula is C20H23ClN2O5. The van der Waals surface area contributed by atoms with E-state index in [-0.39, 0.29) is 17.9 Å². The van der Waals surface area contributed by atoms with Crippen LogP contribution in [0.2, 0.25) is 5.02 Å². The molecule has 0 spiro atoms. The lowest BCUT2D eigenvalue weighted by molar-refractivity contribution is -0.123. The maximum Gasteiger partial charge on any atom is 0.355 e. The van der Waals surface area contributed by atoms with Crippen molar-refractivity contribution in [2.24, 2.45) is 0 Å². The smallest absolute Gasteiger partial charge is 0.355 e. The quantitative estimate of drug-likeness (QED) is 0.708. The van der Waals surface area contributed by atoms with Gasteiger partial charge in [0.05, 0.1) is 12.2 Å². The topological polar surface area (TPSA) is 97.5 Å². The van der Waals surface area contributed by atoms with E-state index < -0.39 is 23.9 Å². The molecule has 28 heavy (non-hydrogen) atoms. The van der Waals surface area contributed by atoms with Gasteiger partial charge in [-0.05, 0) is 57.9 Å². The van der Waals surface area contributed by atoms with E-state index in [2.05, 4.69) is 10.3 Å². The zero-order valence-electron chi connectivity index (χ0n) is 16.4. The summed E-state index contributed by atoms with van der Waals surface area (Å²) in [5.74, 6) is -1.74. The molecule has 2 rings (SSSR count). The average Bonchev–Trinajstić information content (AvgIpc) is 2.93. The van der Waals surface area contributed by atoms with Crippen molar-refractivity contribution in [1.82, 2.24) is 4.98 Å². The van der Waals surface area contributed by atoms with E-state index in [0.29, 0.717) is 27.5 Å². The molecule has 1 atom stereocenters. The van der Waals surface area contributed by atoms with Gasteiger partial charge in [-0.1, -0.05) is 17.7 Å². The number of anilines is 1. The Bertz CT molecular complexity index is 920. The molecule has 2 N–H and O–H groups in total. The van der Waals surface area contributed by atoms with Gasteiger partial charge in [-0.25, -0.2) is 9.59 Å². The van der Waals surface area contributed by atoms with E-state index in [9.17, 15) is 14.4 Å². The Morgan fingerprint density at radius 1 is 1.14 bits per heavy atom. The minimum absolute atomic E-state index is 0.193. The number of nitrogens with one attached hydrogen (secondary N) is 2. The molecule has 2 aromatic rings. The van der Waals surface area contributed by atoms with Crippen LogP contribution in [0.4, 0.5) is 5.69 Å². The Kier molecular flexibility index (Phi) is 6.85. The number of hydrogen-bond acceptors (Lipinski definition) is 5. The van der Waals surface area contributed by atoms with E-state index in [1.54, 1.807) is 45.9 Å². The second kappa shape index (κ2) is 8.93. The first-order valence-corrected chi connectivity index (χ1v) is 9.18. The van der Waals surface area contributed by atoms with Crippen molar-refractivity contribution in [2.45, 2.75) is 40.7 Å². The van der Waals surface area contributed by atoms with Gasteiger partial charge in [0.2, 0.25) is 0 Å². The van der Waals surface area contributed by atoms with Gasteiger partial charge in [0.1, 0.15) is 5.69 Å². The molecule has 150 valence electrons. The predicted molar refractivity (Wildman–Crippen MR) is 106 cm³/mol. The third-order valence-corrected chi connectivity index (χ3v) is 4.71. The molecule has 0 aliphatic heterocycles. The van der Waals surface area contributed by atoms with Crippen LogP contribution in [0.25, 0.3) is 0 Å². The van der Waals surface area contributed by atoms with Gasteiger partial charge in [0.15, 0.2) is 6.10 Å². The van der Waals surface area contributed by atoms with Crippen LogP contribution in [-0.2, 0) is 14.3 Å². The number of carbonyl (C=O) groups excluding carboxylic acids is 3. The molecule has 8 heteroatoms. The maximum atomic E-state index is 12.6. The van der Waals surface area contributed by atoms with Crippen LogP contribution in [0.15, 0.2) is 18.2 Å². The Hall–Kier alpha value is -2.80. The first-order chi connectivity index (χ1) is 13.2. The Morgan fingerprint density at radius 3 is 2.46 bits per heavy atom. The zero-order valence-corrected chi connectivity index (χ0v) is 17.2. The number of benzene rings is 1. The number of aryl methyl sites for hydroxylation is 1. The van der Waals surface area contributed by atoms with Crippen molar-refractivity contribution in [3.05, 3.63) is 51.3 Å². The number of halogens is 1. The molecule has 1 amide bonds. The molecule has 0 saturated carbocycles. The lowest BCUT2D eigenvalue weighted by Crippen LogP contribution is -2.30. The molecular weight excluding hydrogens is 384 g/mol. The number of ether oxygens (including phenoxy) is 2. The number of aromatic nitrogens is 1. The summed E-state index contributed by atoms with van der Waals surface area (Å²) in [6.45, 7) is 8.42. The molecule has 0 saturated heterocycles. The first-order valence-electron chi connectivity index (χ1n) is 8.80. The fourth-order valence-corrected chi connectivity index (χ4v) is 2.89. The second-order valence-electron chi connectivity index (χ2n) is 6.29. The van der Waals surface area contributed by atoms with Gasteiger partial charge in [-0.15, -0.1) is 0 Å². The summed E-state index contributed by atoms with van der Waals surface area (Å²) < 4.78 is 10.3. The Morgan fingerprint density at radius 2 is 1.82 bits per heavy atom. The van der Waals surface area contributed by atoms with Crippen LogP contribution in [0, 0.1) is 20.8 Å². The highest BCUT2D eigenvalue weighted by Gasteiger charge is 2.26. The summed E-state index contributed by atoms with van der Waals surface area (Å²) in [5, 5.41) is 3.22. The van der Waals surface area contributed by atoms with Gasteiger partial charge < -0.3 is 19.8 Å². The van der Waals surface area contributed by atoms with Gasteiger partial charge in [-0.3, -0.25) is 4.79 Å². The van der Waals surface area contributed by atoms with Gasteiger partial charge >= 0.3 is 11.9 Å². The van der Waals surface area contributed by atoms with Crippen LogP contribution in [0.1, 0.15) is 51.5 Å². The second-order valence-corrected chi connectivity index (χ2v) is 6.70. The van der Waals surface area contributed by atoms with Crippen LogP contribution >= 0.6 is 11.6 Å². The molecule has 1 heterocycles. The van der Waals surface area contributed by atoms with Gasteiger partial charge in [0.25, 0.3) is 5.91 Å². The number of esters is 2. The highest BCUT2D eigenvalue weighted by molar-refractivity contribution is 6.31. The number of hydrogen-bond donors (Lipinski definition) is 2. The molecule has 0 unspecified atom stereocenters. The molecule has 0 aliphatic carbocycles. The lowest BCUT2D eigenvalue weighted by atomic mass is 10.1. The van der Waals surface area contributed by atoms with Crippen molar-refractivity contribution in [1.29, 1.82) is 0 Å².